The highest BCUT2D eigenvalue weighted by Gasteiger charge is 2.15. The van der Waals surface area contributed by atoms with Crippen LogP contribution in [0.2, 0.25) is 0 Å². The Bertz CT molecular complexity index is 1180. The monoisotopic (exact) mass is 374 g/mol. The number of hydrogen-bond acceptors (Lipinski definition) is 5. The maximum Gasteiger partial charge on any atom is 0.353 e. The number of carbonyl (C=O) groups is 1. The Morgan fingerprint density at radius 3 is 2.32 bits per heavy atom. The van der Waals surface area contributed by atoms with Crippen LogP contribution in [0.15, 0.2) is 71.5 Å². The van der Waals surface area contributed by atoms with Crippen molar-refractivity contribution in [1.82, 2.24) is 19.2 Å². The van der Waals surface area contributed by atoms with Crippen LogP contribution in [0.3, 0.4) is 0 Å². The van der Waals surface area contributed by atoms with E-state index in [1.165, 1.54) is 4.40 Å². The van der Waals surface area contributed by atoms with Crippen molar-refractivity contribution in [3.05, 3.63) is 82.9 Å². The first-order valence-corrected chi connectivity index (χ1v) is 8.74. The molecule has 1 amide bonds. The van der Waals surface area contributed by atoms with Gasteiger partial charge in [0.05, 0.1) is 0 Å². The maximum atomic E-state index is 12.8. The summed E-state index contributed by atoms with van der Waals surface area (Å²) in [4.78, 5) is 29.6. The van der Waals surface area contributed by atoms with Crippen molar-refractivity contribution in [3.63, 3.8) is 0 Å². The van der Waals surface area contributed by atoms with E-state index in [-0.39, 0.29) is 12.5 Å². The molecule has 0 aliphatic heterocycles. The molecule has 0 aliphatic rings. The topological polar surface area (TPSA) is 93.3 Å². The third kappa shape index (κ3) is 3.61. The van der Waals surface area contributed by atoms with Gasteiger partial charge in [-0.05, 0) is 31.2 Å². The Hall–Kier alpha value is -3.94. The predicted octanol–water partition coefficient (Wildman–Crippen LogP) is 2.58. The van der Waals surface area contributed by atoms with Crippen molar-refractivity contribution in [1.29, 1.82) is 0 Å². The summed E-state index contributed by atoms with van der Waals surface area (Å²) < 4.78 is 2.49. The van der Waals surface area contributed by atoms with E-state index in [1.54, 1.807) is 18.2 Å². The fraction of sp³-hybridized carbons (Fsp3) is 0.100. The van der Waals surface area contributed by atoms with Gasteiger partial charge in [0.25, 0.3) is 0 Å². The molecule has 8 heteroatoms. The molecular formula is C20H18N6O2. The van der Waals surface area contributed by atoms with Gasteiger partial charge in [-0.25, -0.2) is 18.9 Å². The van der Waals surface area contributed by atoms with Gasteiger partial charge in [0.15, 0.2) is 5.65 Å². The minimum absolute atomic E-state index is 0.195. The maximum absolute atomic E-state index is 12.8. The van der Waals surface area contributed by atoms with Gasteiger partial charge in [-0.2, -0.15) is 0 Å². The highest BCUT2D eigenvalue weighted by Crippen LogP contribution is 2.15. The lowest BCUT2D eigenvalue weighted by Gasteiger charge is -2.07. The van der Waals surface area contributed by atoms with Crippen molar-refractivity contribution in [3.8, 4) is 0 Å². The van der Waals surface area contributed by atoms with Gasteiger partial charge in [0, 0.05) is 23.1 Å². The van der Waals surface area contributed by atoms with Crippen LogP contribution in [0.4, 0.5) is 17.3 Å². The largest absolute Gasteiger partial charge is 0.353 e. The fourth-order valence-electron chi connectivity index (χ4n) is 2.85. The number of anilines is 3. The minimum Gasteiger partial charge on any atom is -0.325 e. The molecule has 28 heavy (non-hydrogen) atoms. The number of aryl methyl sites for hydroxylation is 1. The van der Waals surface area contributed by atoms with Crippen molar-refractivity contribution in [2.24, 2.45) is 0 Å². The zero-order valence-electron chi connectivity index (χ0n) is 15.2. The van der Waals surface area contributed by atoms with Gasteiger partial charge in [-0.15, -0.1) is 5.10 Å². The molecule has 8 nitrogen and oxygen atoms in total. The molecule has 0 saturated carbocycles. The lowest BCUT2D eigenvalue weighted by molar-refractivity contribution is -0.117. The van der Waals surface area contributed by atoms with Crippen LogP contribution < -0.4 is 16.3 Å². The molecule has 0 atom stereocenters. The van der Waals surface area contributed by atoms with Gasteiger partial charge in [0.2, 0.25) is 11.9 Å². The number of fused-ring (bicyclic) bond motifs is 1. The van der Waals surface area contributed by atoms with E-state index in [2.05, 4.69) is 20.7 Å². The van der Waals surface area contributed by atoms with E-state index >= 15 is 0 Å². The van der Waals surface area contributed by atoms with Crippen molar-refractivity contribution < 1.29 is 4.79 Å². The molecule has 0 bridgehead atoms. The Morgan fingerprint density at radius 2 is 1.64 bits per heavy atom. The summed E-state index contributed by atoms with van der Waals surface area (Å²) in [7, 11) is 0. The first-order chi connectivity index (χ1) is 13.6. The molecule has 2 aromatic heterocycles. The summed E-state index contributed by atoms with van der Waals surface area (Å²) in [6.45, 7) is 1.63. The molecule has 0 fully saturated rings. The fourth-order valence-corrected chi connectivity index (χ4v) is 2.85. The van der Waals surface area contributed by atoms with E-state index in [4.69, 9.17) is 0 Å². The number of amides is 1. The summed E-state index contributed by atoms with van der Waals surface area (Å²) in [5.41, 5.74) is 2.14. The zero-order valence-corrected chi connectivity index (χ0v) is 15.2. The van der Waals surface area contributed by atoms with Gasteiger partial charge in [-0.3, -0.25) is 4.79 Å². The van der Waals surface area contributed by atoms with Crippen LogP contribution in [0.5, 0.6) is 0 Å². The predicted molar refractivity (Wildman–Crippen MR) is 107 cm³/mol. The SMILES string of the molecule is Cc1cc2nn(CC(=O)Nc3ccccc3)c(=O)n2c(Nc2ccccc2)n1. The molecule has 0 spiro atoms. The van der Waals surface area contributed by atoms with Crippen molar-refractivity contribution in [2.45, 2.75) is 13.5 Å². The van der Waals surface area contributed by atoms with Gasteiger partial charge >= 0.3 is 5.69 Å². The summed E-state index contributed by atoms with van der Waals surface area (Å²) in [6, 6.07) is 20.2. The molecule has 0 saturated heterocycles. The molecule has 2 aromatic carbocycles. The molecule has 0 unspecified atom stereocenters. The Kier molecular flexibility index (Phi) is 4.59. The standard InChI is InChI=1S/C20H18N6O2/c1-14-12-17-24-25(13-18(27)22-15-8-4-2-5-9-15)20(28)26(17)19(21-14)23-16-10-6-3-7-11-16/h2-12H,13H2,1H3,(H,21,23)(H,22,27). The second-order valence-corrected chi connectivity index (χ2v) is 6.26. The number of rotatable bonds is 5. The summed E-state index contributed by atoms with van der Waals surface area (Å²) in [6.07, 6.45) is 0. The Balaban J connectivity index is 1.65. The number of nitrogens with zero attached hydrogens (tertiary/aromatic N) is 4. The van der Waals surface area contributed by atoms with Gasteiger partial charge in [0.1, 0.15) is 6.54 Å². The summed E-state index contributed by atoms with van der Waals surface area (Å²) in [5, 5.41) is 10.2. The number of nitrogens with one attached hydrogen (secondary N) is 2. The quantitative estimate of drug-likeness (QED) is 0.560. The highest BCUT2D eigenvalue weighted by molar-refractivity contribution is 5.90. The van der Waals surface area contributed by atoms with Gasteiger partial charge < -0.3 is 10.6 Å². The lowest BCUT2D eigenvalue weighted by Crippen LogP contribution is -2.28. The molecular weight excluding hydrogens is 356 g/mol. The van der Waals surface area contributed by atoms with Crippen LogP contribution in [0.1, 0.15) is 5.69 Å². The Labute approximate surface area is 160 Å². The van der Waals surface area contributed by atoms with E-state index in [9.17, 15) is 9.59 Å². The second-order valence-electron chi connectivity index (χ2n) is 6.26. The molecule has 2 N–H and O–H groups in total. The van der Waals surface area contributed by atoms with E-state index in [0.717, 1.165) is 10.4 Å². The third-order valence-electron chi connectivity index (χ3n) is 4.08. The molecule has 0 aliphatic carbocycles. The number of benzene rings is 2. The average Bonchev–Trinajstić information content (AvgIpc) is 2.98. The number of carbonyl (C=O) groups excluding carboxylic acids is 1. The van der Waals surface area contributed by atoms with E-state index in [0.29, 0.717) is 23.0 Å². The first kappa shape index (κ1) is 17.5. The van der Waals surface area contributed by atoms with Gasteiger partial charge in [-0.1, -0.05) is 36.4 Å². The van der Waals surface area contributed by atoms with Crippen molar-refractivity contribution in [2.75, 3.05) is 10.6 Å². The van der Waals surface area contributed by atoms with Crippen LogP contribution in [-0.2, 0) is 11.3 Å². The number of hydrogen-bond donors (Lipinski definition) is 2. The molecule has 4 aromatic rings. The third-order valence-corrected chi connectivity index (χ3v) is 4.08. The molecule has 140 valence electrons. The summed E-state index contributed by atoms with van der Waals surface area (Å²) >= 11 is 0. The summed E-state index contributed by atoms with van der Waals surface area (Å²) in [5.74, 6) is 0.0138. The van der Waals surface area contributed by atoms with E-state index in [1.807, 2.05) is 55.5 Å². The number of aromatic nitrogens is 4. The zero-order chi connectivity index (χ0) is 19.5. The smallest absolute Gasteiger partial charge is 0.325 e. The van der Waals surface area contributed by atoms with Crippen molar-refractivity contribution >= 4 is 28.9 Å². The van der Waals surface area contributed by atoms with Crippen LogP contribution >= 0.6 is 0 Å². The molecule has 4 rings (SSSR count). The minimum atomic E-state index is -0.441. The highest BCUT2D eigenvalue weighted by atomic mass is 16.2. The molecule has 2 heterocycles. The second kappa shape index (κ2) is 7.36. The van der Waals surface area contributed by atoms with E-state index < -0.39 is 5.69 Å². The first-order valence-electron chi connectivity index (χ1n) is 8.74. The molecule has 0 radical (unpaired) electrons. The average molecular weight is 374 g/mol. The lowest BCUT2D eigenvalue weighted by atomic mass is 10.3. The van der Waals surface area contributed by atoms with Crippen LogP contribution in [0, 0.1) is 6.92 Å². The van der Waals surface area contributed by atoms with Crippen LogP contribution in [-0.4, -0.2) is 25.1 Å². The normalized spacial score (nSPS) is 10.8. The Morgan fingerprint density at radius 1 is 1.00 bits per heavy atom. The number of para-hydroxylation sites is 2. The van der Waals surface area contributed by atoms with Crippen LogP contribution in [0.25, 0.3) is 5.65 Å².